The Morgan fingerprint density at radius 1 is 1.09 bits per heavy atom. The van der Waals surface area contributed by atoms with Gasteiger partial charge in [-0.25, -0.2) is 18.6 Å². The topological polar surface area (TPSA) is 136 Å². The van der Waals surface area contributed by atoms with Gasteiger partial charge in [-0.2, -0.15) is 18.3 Å². The molecule has 3 aromatic rings. The lowest BCUT2D eigenvalue weighted by atomic mass is 9.89. The number of thiazole rings is 1. The number of aromatic nitrogens is 3. The van der Waals surface area contributed by atoms with Crippen LogP contribution in [0.2, 0.25) is 0 Å². The summed E-state index contributed by atoms with van der Waals surface area (Å²) >= 11 is 0.665. The molecule has 242 valence electrons. The molecule has 2 aliphatic heterocycles. The van der Waals surface area contributed by atoms with Gasteiger partial charge in [-0.05, 0) is 58.6 Å². The lowest BCUT2D eigenvalue weighted by Gasteiger charge is -2.38. The minimum Gasteiger partial charge on any atom is -0.444 e. The minimum absolute atomic E-state index is 0.138. The largest absolute Gasteiger partial charge is 0.471 e. The SMILES string of the molecule is Cn1ncc(NC(=O)c2nc(-c3c(F)cccc3F)sc2NC(=O)OC(C)(C)C)c1C12CCC(NC(=O)C(F)(F)F)C(CC1)O2. The number of ether oxygens (including phenoxy) is 2. The molecule has 0 aliphatic carbocycles. The number of carbonyl (C=O) groups excluding carboxylic acids is 3. The summed E-state index contributed by atoms with van der Waals surface area (Å²) in [7, 11) is 1.60. The van der Waals surface area contributed by atoms with Gasteiger partial charge in [0.1, 0.15) is 32.8 Å². The highest BCUT2D eigenvalue weighted by Crippen LogP contribution is 2.50. The standard InChI is InChI=1S/C28H29F5N6O5S/c1-26(2,3)44-25(42)38-23-19(37-22(45-23)18-13(29)6-5-7-14(18)30)21(40)35-16-12-34-39(4)20(16)27-10-8-15(17(43-27)9-11-27)36-24(41)28(31,32)33/h5-7,12,15,17H,8-11H2,1-4H3,(H,35,40)(H,36,41)(H,38,42). The van der Waals surface area contributed by atoms with E-state index in [0.717, 1.165) is 12.1 Å². The van der Waals surface area contributed by atoms with Crippen molar-refractivity contribution in [3.8, 4) is 10.6 Å². The van der Waals surface area contributed by atoms with E-state index in [1.807, 2.05) is 5.32 Å². The Balaban J connectivity index is 1.43. The van der Waals surface area contributed by atoms with Crippen molar-refractivity contribution in [2.24, 2.45) is 7.05 Å². The molecule has 2 bridgehead atoms. The van der Waals surface area contributed by atoms with Gasteiger partial charge in [0.2, 0.25) is 0 Å². The quantitative estimate of drug-likeness (QED) is 0.293. The van der Waals surface area contributed by atoms with Crippen molar-refractivity contribution >= 4 is 39.9 Å². The fraction of sp³-hybridized carbons (Fsp3) is 0.464. The van der Waals surface area contributed by atoms with Gasteiger partial charge in [-0.15, -0.1) is 0 Å². The Labute approximate surface area is 257 Å². The van der Waals surface area contributed by atoms with E-state index in [2.05, 4.69) is 20.7 Å². The third-order valence-corrected chi connectivity index (χ3v) is 8.33. The molecule has 17 heteroatoms. The Hall–Kier alpha value is -4.12. The average molecular weight is 657 g/mol. The Kier molecular flexibility index (Phi) is 8.37. The molecular weight excluding hydrogens is 627 g/mol. The van der Waals surface area contributed by atoms with Crippen molar-refractivity contribution in [2.75, 3.05) is 10.6 Å². The molecule has 2 aromatic heterocycles. The van der Waals surface area contributed by atoms with Crippen LogP contribution in [0.25, 0.3) is 10.6 Å². The molecule has 4 heterocycles. The van der Waals surface area contributed by atoms with Crippen LogP contribution < -0.4 is 16.0 Å². The van der Waals surface area contributed by atoms with Crippen LogP contribution in [0.5, 0.6) is 0 Å². The molecule has 0 spiro atoms. The highest BCUT2D eigenvalue weighted by Gasteiger charge is 2.53. The predicted octanol–water partition coefficient (Wildman–Crippen LogP) is 5.64. The number of nitrogens with one attached hydrogen (secondary N) is 3. The van der Waals surface area contributed by atoms with Crippen molar-refractivity contribution in [1.29, 1.82) is 0 Å². The Bertz CT molecular complexity index is 1630. The Morgan fingerprint density at radius 3 is 2.40 bits per heavy atom. The van der Waals surface area contributed by atoms with Crippen LogP contribution in [-0.4, -0.2) is 56.6 Å². The summed E-state index contributed by atoms with van der Waals surface area (Å²) in [5, 5.41) is 11.0. The zero-order valence-electron chi connectivity index (χ0n) is 24.5. The first-order chi connectivity index (χ1) is 21.0. The van der Waals surface area contributed by atoms with E-state index in [-0.39, 0.29) is 34.2 Å². The monoisotopic (exact) mass is 656 g/mol. The van der Waals surface area contributed by atoms with Crippen molar-refractivity contribution in [2.45, 2.75) is 76.0 Å². The normalized spacial score (nSPS) is 21.4. The second kappa shape index (κ2) is 11.7. The summed E-state index contributed by atoms with van der Waals surface area (Å²) < 4.78 is 80.7. The van der Waals surface area contributed by atoms with Crippen molar-refractivity contribution in [1.82, 2.24) is 20.1 Å². The maximum Gasteiger partial charge on any atom is 0.471 e. The van der Waals surface area contributed by atoms with E-state index in [4.69, 9.17) is 9.47 Å². The molecule has 2 saturated heterocycles. The van der Waals surface area contributed by atoms with Crippen molar-refractivity contribution in [3.63, 3.8) is 0 Å². The number of carbonyl (C=O) groups is 3. The second-order valence-corrected chi connectivity index (χ2v) is 12.7. The Morgan fingerprint density at radius 2 is 1.76 bits per heavy atom. The number of nitrogens with zero attached hydrogens (tertiary/aromatic N) is 3. The summed E-state index contributed by atoms with van der Waals surface area (Å²) in [6.07, 6.45) is -4.21. The maximum absolute atomic E-state index is 14.6. The van der Waals surface area contributed by atoms with Crippen LogP contribution >= 0.6 is 11.3 Å². The van der Waals surface area contributed by atoms with Crippen LogP contribution in [0.4, 0.5) is 37.4 Å². The van der Waals surface area contributed by atoms with E-state index >= 15 is 0 Å². The highest BCUT2D eigenvalue weighted by atomic mass is 32.1. The van der Waals surface area contributed by atoms with E-state index in [0.29, 0.717) is 29.9 Å². The fourth-order valence-electron chi connectivity index (χ4n) is 5.55. The average Bonchev–Trinajstić information content (AvgIpc) is 3.60. The zero-order chi connectivity index (χ0) is 32.9. The number of benzene rings is 1. The number of halogens is 5. The van der Waals surface area contributed by atoms with Gasteiger partial charge in [0.05, 0.1) is 35.3 Å². The van der Waals surface area contributed by atoms with Crippen LogP contribution in [0.3, 0.4) is 0 Å². The van der Waals surface area contributed by atoms with Crippen LogP contribution in [0.1, 0.15) is 62.6 Å². The smallest absolute Gasteiger partial charge is 0.444 e. The highest BCUT2D eigenvalue weighted by molar-refractivity contribution is 7.19. The number of amides is 3. The van der Waals surface area contributed by atoms with Gasteiger partial charge in [0.25, 0.3) is 5.91 Å². The van der Waals surface area contributed by atoms with Gasteiger partial charge in [-0.3, -0.25) is 19.6 Å². The molecule has 45 heavy (non-hydrogen) atoms. The molecule has 3 N–H and O–H groups in total. The molecule has 0 saturated carbocycles. The molecular formula is C28H29F5N6O5S. The summed E-state index contributed by atoms with van der Waals surface area (Å²) in [6, 6.07) is 2.38. The molecule has 3 unspecified atom stereocenters. The van der Waals surface area contributed by atoms with Gasteiger partial charge in [0.15, 0.2) is 5.69 Å². The molecule has 2 fully saturated rings. The van der Waals surface area contributed by atoms with E-state index in [1.165, 1.54) is 16.9 Å². The molecule has 5 rings (SSSR count). The third-order valence-electron chi connectivity index (χ3n) is 7.34. The molecule has 1 aromatic carbocycles. The van der Waals surface area contributed by atoms with Gasteiger partial charge >= 0.3 is 18.2 Å². The summed E-state index contributed by atoms with van der Waals surface area (Å²) in [5.41, 5.74) is -2.16. The summed E-state index contributed by atoms with van der Waals surface area (Å²) in [4.78, 5) is 41.9. The number of hydrogen-bond acceptors (Lipinski definition) is 8. The lowest BCUT2D eigenvalue weighted by Crippen LogP contribution is -2.51. The first-order valence-electron chi connectivity index (χ1n) is 13.8. The molecule has 3 amide bonds. The van der Waals surface area contributed by atoms with Gasteiger partial charge in [0, 0.05) is 7.05 Å². The van der Waals surface area contributed by atoms with Gasteiger partial charge < -0.3 is 20.1 Å². The number of anilines is 2. The maximum atomic E-state index is 14.6. The third kappa shape index (κ3) is 6.63. The number of rotatable bonds is 6. The van der Waals surface area contributed by atoms with Gasteiger partial charge in [-0.1, -0.05) is 17.4 Å². The van der Waals surface area contributed by atoms with E-state index in [9.17, 15) is 36.3 Å². The van der Waals surface area contributed by atoms with Crippen LogP contribution in [0, 0.1) is 11.6 Å². The first kappa shape index (κ1) is 32.3. The summed E-state index contributed by atoms with van der Waals surface area (Å²) in [6.45, 7) is 4.89. The molecule has 11 nitrogen and oxygen atoms in total. The predicted molar refractivity (Wildman–Crippen MR) is 151 cm³/mol. The number of fused-ring (bicyclic) bond motifs is 2. The van der Waals surface area contributed by atoms with E-state index in [1.54, 1.807) is 27.8 Å². The minimum atomic E-state index is -5.03. The van der Waals surface area contributed by atoms with Crippen LogP contribution in [0.15, 0.2) is 24.4 Å². The molecule has 0 radical (unpaired) electrons. The van der Waals surface area contributed by atoms with E-state index < -0.39 is 64.6 Å². The molecule has 2 aliphatic rings. The second-order valence-electron chi connectivity index (χ2n) is 11.7. The molecule has 3 atom stereocenters. The summed E-state index contributed by atoms with van der Waals surface area (Å²) in [5.74, 6) is -4.75. The fourth-order valence-corrected chi connectivity index (χ4v) is 6.54. The zero-order valence-corrected chi connectivity index (χ0v) is 25.3. The van der Waals surface area contributed by atoms with Crippen molar-refractivity contribution in [3.05, 3.63) is 47.4 Å². The lowest BCUT2D eigenvalue weighted by molar-refractivity contribution is -0.177. The number of aryl methyl sites for hydroxylation is 1. The first-order valence-corrected chi connectivity index (χ1v) is 14.6. The van der Waals surface area contributed by atoms with Crippen LogP contribution in [-0.2, 0) is 26.9 Å². The number of hydrogen-bond donors (Lipinski definition) is 3. The number of alkyl halides is 3. The van der Waals surface area contributed by atoms with Crippen molar-refractivity contribution < 1.29 is 45.8 Å².